The van der Waals surface area contributed by atoms with Crippen LogP contribution < -0.4 is 10.2 Å². The van der Waals surface area contributed by atoms with Gasteiger partial charge in [0, 0.05) is 48.7 Å². The summed E-state index contributed by atoms with van der Waals surface area (Å²) in [5.74, 6) is 0.0158. The Balaban J connectivity index is 1.51. The second-order valence-electron chi connectivity index (χ2n) is 6.85. The first-order valence-corrected chi connectivity index (χ1v) is 10.4. The number of aryl methyl sites for hydroxylation is 1. The molecule has 160 valence electrons. The van der Waals surface area contributed by atoms with Gasteiger partial charge in [-0.05, 0) is 30.7 Å². The molecule has 0 saturated carbocycles. The summed E-state index contributed by atoms with van der Waals surface area (Å²) in [4.78, 5) is 6.49. The lowest BCUT2D eigenvalue weighted by molar-refractivity contribution is -0.141. The molecule has 1 aromatic carbocycles. The molecule has 0 aliphatic carbocycles. The number of anilines is 3. The third kappa shape index (κ3) is 4.57. The number of benzene rings is 1. The van der Waals surface area contributed by atoms with Crippen molar-refractivity contribution in [2.75, 3.05) is 36.5 Å². The molecular weight excluding hydrogens is 417 g/mol. The molecule has 1 aliphatic heterocycles. The number of nitrogens with zero attached hydrogens (tertiary/aromatic N) is 5. The zero-order valence-electron chi connectivity index (χ0n) is 16.3. The van der Waals surface area contributed by atoms with Crippen molar-refractivity contribution in [1.82, 2.24) is 19.1 Å². The van der Waals surface area contributed by atoms with Gasteiger partial charge in [-0.3, -0.25) is 4.68 Å². The topological polar surface area (TPSA) is 68.1 Å². The molecule has 0 atom stereocenters. The number of alkyl halides is 3. The Bertz CT molecular complexity index is 979. The monoisotopic (exact) mass is 438 g/mol. The van der Waals surface area contributed by atoms with Gasteiger partial charge >= 0.3 is 6.18 Å². The summed E-state index contributed by atoms with van der Waals surface area (Å²) in [6.45, 7) is 5.39. The molecule has 2 aromatic heterocycles. The first-order valence-electron chi connectivity index (χ1n) is 9.62. The molecule has 4 rings (SSSR count). The predicted molar refractivity (Wildman–Crippen MR) is 109 cm³/mol. The van der Waals surface area contributed by atoms with Crippen LogP contribution in [0.4, 0.5) is 29.7 Å². The van der Waals surface area contributed by atoms with Gasteiger partial charge < -0.3 is 15.0 Å². The molecule has 7 nitrogen and oxygen atoms in total. The minimum absolute atomic E-state index is 0.0158. The van der Waals surface area contributed by atoms with Crippen molar-refractivity contribution >= 4 is 28.0 Å². The van der Waals surface area contributed by atoms with Crippen LogP contribution in [0.5, 0.6) is 0 Å². The van der Waals surface area contributed by atoms with E-state index in [-0.39, 0.29) is 11.4 Å². The zero-order chi connectivity index (χ0) is 21.1. The molecule has 0 bridgehead atoms. The average Bonchev–Trinajstić information content (AvgIpc) is 3.36. The van der Waals surface area contributed by atoms with E-state index in [2.05, 4.69) is 24.7 Å². The van der Waals surface area contributed by atoms with Crippen molar-refractivity contribution in [3.8, 4) is 11.4 Å². The Labute approximate surface area is 175 Å². The van der Waals surface area contributed by atoms with E-state index in [0.717, 1.165) is 36.0 Å². The van der Waals surface area contributed by atoms with Crippen molar-refractivity contribution in [2.24, 2.45) is 0 Å². The Morgan fingerprint density at radius 2 is 1.90 bits per heavy atom. The molecule has 0 unspecified atom stereocenters. The van der Waals surface area contributed by atoms with Crippen LogP contribution >= 0.6 is 11.5 Å². The van der Waals surface area contributed by atoms with Crippen LogP contribution in [0.2, 0.25) is 0 Å². The highest BCUT2D eigenvalue weighted by Crippen LogP contribution is 2.36. The molecule has 1 fully saturated rings. The van der Waals surface area contributed by atoms with Crippen molar-refractivity contribution < 1.29 is 17.9 Å². The fourth-order valence-corrected chi connectivity index (χ4v) is 3.83. The third-order valence-electron chi connectivity index (χ3n) is 4.64. The molecule has 11 heteroatoms. The number of hydrogen-bond acceptors (Lipinski definition) is 7. The van der Waals surface area contributed by atoms with Gasteiger partial charge in [0.15, 0.2) is 11.5 Å². The summed E-state index contributed by atoms with van der Waals surface area (Å²) >= 11 is 1.01. The highest BCUT2D eigenvalue weighted by Gasteiger charge is 2.38. The van der Waals surface area contributed by atoms with Crippen LogP contribution in [0.1, 0.15) is 19.0 Å². The largest absolute Gasteiger partial charge is 0.435 e. The Morgan fingerprint density at radius 3 is 2.57 bits per heavy atom. The van der Waals surface area contributed by atoms with Gasteiger partial charge in [0.05, 0.1) is 18.8 Å². The van der Waals surface area contributed by atoms with Crippen LogP contribution in [0.15, 0.2) is 30.5 Å². The Morgan fingerprint density at radius 1 is 1.17 bits per heavy atom. The van der Waals surface area contributed by atoms with Gasteiger partial charge in [0.1, 0.15) is 0 Å². The van der Waals surface area contributed by atoms with Crippen molar-refractivity contribution in [2.45, 2.75) is 26.1 Å². The second-order valence-corrected chi connectivity index (χ2v) is 7.60. The number of nitrogens with one attached hydrogen (secondary N) is 1. The maximum atomic E-state index is 13.4. The summed E-state index contributed by atoms with van der Waals surface area (Å²) in [6.07, 6.45) is -2.53. The molecule has 3 aromatic rings. The molecule has 1 aliphatic rings. The fourth-order valence-electron chi connectivity index (χ4n) is 3.22. The van der Waals surface area contributed by atoms with E-state index in [0.29, 0.717) is 31.3 Å². The van der Waals surface area contributed by atoms with Gasteiger partial charge in [-0.25, -0.2) is 0 Å². The first-order chi connectivity index (χ1) is 14.4. The molecular formula is C19H21F3N6OS. The minimum atomic E-state index is -4.57. The van der Waals surface area contributed by atoms with Gasteiger partial charge in [-0.1, -0.05) is 6.92 Å². The average molecular weight is 438 g/mol. The van der Waals surface area contributed by atoms with E-state index in [4.69, 9.17) is 4.74 Å². The first kappa shape index (κ1) is 20.6. The lowest BCUT2D eigenvalue weighted by atomic mass is 10.2. The summed E-state index contributed by atoms with van der Waals surface area (Å²) in [6, 6.07) is 7.80. The maximum absolute atomic E-state index is 13.4. The number of hydrogen-bond donors (Lipinski definition) is 1. The molecule has 1 saturated heterocycles. The highest BCUT2D eigenvalue weighted by molar-refractivity contribution is 7.09. The van der Waals surface area contributed by atoms with Crippen LogP contribution in [0.25, 0.3) is 11.4 Å². The quantitative estimate of drug-likeness (QED) is 0.615. The highest BCUT2D eigenvalue weighted by atomic mass is 32.1. The smallest absolute Gasteiger partial charge is 0.378 e. The second kappa shape index (κ2) is 8.60. The van der Waals surface area contributed by atoms with Crippen molar-refractivity contribution in [3.63, 3.8) is 0 Å². The SMILES string of the molecule is CCCn1cc(-c2nsc(Nc3ccc(N4CCOCC4)cc3)n2)c(C(F)(F)F)n1. The molecule has 0 radical (unpaired) electrons. The van der Waals surface area contributed by atoms with Gasteiger partial charge in [-0.2, -0.15) is 27.6 Å². The lowest BCUT2D eigenvalue weighted by Gasteiger charge is -2.28. The molecule has 0 spiro atoms. The van der Waals surface area contributed by atoms with Gasteiger partial charge in [0.25, 0.3) is 0 Å². The van der Waals surface area contributed by atoms with Gasteiger partial charge in [-0.15, -0.1) is 0 Å². The Kier molecular flexibility index (Phi) is 5.91. The number of morpholine rings is 1. The maximum Gasteiger partial charge on any atom is 0.435 e. The van der Waals surface area contributed by atoms with Crippen LogP contribution in [-0.2, 0) is 17.5 Å². The molecule has 30 heavy (non-hydrogen) atoms. The fraction of sp³-hybridized carbons (Fsp3) is 0.421. The number of aromatic nitrogens is 4. The lowest BCUT2D eigenvalue weighted by Crippen LogP contribution is -2.36. The van der Waals surface area contributed by atoms with E-state index in [1.165, 1.54) is 10.9 Å². The van der Waals surface area contributed by atoms with Crippen LogP contribution in [0, 0.1) is 0 Å². The standard InChI is InChI=1S/C19H21F3N6OS/c1-2-7-28-12-15(16(25-28)19(20,21)22)17-24-18(30-26-17)23-13-3-5-14(6-4-13)27-8-10-29-11-9-27/h3-6,12H,2,7-11H2,1H3,(H,23,24,26). The predicted octanol–water partition coefficient (Wildman–Crippen LogP) is 4.41. The third-order valence-corrected chi connectivity index (χ3v) is 5.28. The number of halogens is 3. The minimum Gasteiger partial charge on any atom is -0.378 e. The van der Waals surface area contributed by atoms with E-state index in [9.17, 15) is 13.2 Å². The summed E-state index contributed by atoms with van der Waals surface area (Å²) in [7, 11) is 0. The molecule has 0 amide bonds. The number of rotatable bonds is 6. The van der Waals surface area contributed by atoms with Crippen LogP contribution in [0.3, 0.4) is 0 Å². The number of ether oxygens (including phenoxy) is 1. The summed E-state index contributed by atoms with van der Waals surface area (Å²) < 4.78 is 50.9. The van der Waals surface area contributed by atoms with E-state index in [1.54, 1.807) is 0 Å². The summed E-state index contributed by atoms with van der Waals surface area (Å²) in [5.41, 5.74) is 0.811. The van der Waals surface area contributed by atoms with E-state index in [1.807, 2.05) is 31.2 Å². The zero-order valence-corrected chi connectivity index (χ0v) is 17.1. The van der Waals surface area contributed by atoms with Gasteiger partial charge in [0.2, 0.25) is 5.13 Å². The van der Waals surface area contributed by atoms with Crippen LogP contribution in [-0.4, -0.2) is 45.4 Å². The molecule has 1 N–H and O–H groups in total. The van der Waals surface area contributed by atoms with Crippen molar-refractivity contribution in [3.05, 3.63) is 36.2 Å². The normalized spacial score (nSPS) is 14.9. The van der Waals surface area contributed by atoms with E-state index < -0.39 is 11.9 Å². The molecule has 3 heterocycles. The Hall–Kier alpha value is -2.66. The summed E-state index contributed by atoms with van der Waals surface area (Å²) in [5, 5.41) is 7.20. The van der Waals surface area contributed by atoms with Crippen molar-refractivity contribution in [1.29, 1.82) is 0 Å². The van der Waals surface area contributed by atoms with E-state index >= 15 is 0 Å².